The van der Waals surface area contributed by atoms with Crippen LogP contribution in [0.3, 0.4) is 0 Å². The normalized spacial score (nSPS) is 22.0. The van der Waals surface area contributed by atoms with Crippen LogP contribution in [-0.2, 0) is 35.2 Å². The number of rotatable bonds is 7. The van der Waals surface area contributed by atoms with Crippen LogP contribution in [0.4, 0.5) is 26.3 Å². The van der Waals surface area contributed by atoms with Gasteiger partial charge in [-0.1, -0.05) is 31.0 Å². The van der Waals surface area contributed by atoms with Crippen molar-refractivity contribution < 1.29 is 45.8 Å². The molecule has 3 atom stereocenters. The lowest BCUT2D eigenvalue weighted by Gasteiger charge is -2.51. The van der Waals surface area contributed by atoms with Crippen molar-refractivity contribution in [2.75, 3.05) is 13.2 Å². The Balaban J connectivity index is 1.63. The maximum absolute atomic E-state index is 14.8. The molecule has 1 aromatic carbocycles. The van der Waals surface area contributed by atoms with Gasteiger partial charge in [-0.05, 0) is 54.7 Å². The number of carbonyl (C=O) groups is 2. The van der Waals surface area contributed by atoms with Gasteiger partial charge in [-0.2, -0.15) is 26.3 Å². The van der Waals surface area contributed by atoms with Gasteiger partial charge in [0.15, 0.2) is 0 Å². The van der Waals surface area contributed by atoms with E-state index in [0.29, 0.717) is 28.3 Å². The van der Waals surface area contributed by atoms with Crippen LogP contribution in [0, 0.1) is 0 Å². The highest BCUT2D eigenvalue weighted by molar-refractivity contribution is 7.10. The Bertz CT molecular complexity index is 1600. The number of pyridine rings is 1. The summed E-state index contributed by atoms with van der Waals surface area (Å²) < 4.78 is 88.8. The van der Waals surface area contributed by atoms with Gasteiger partial charge in [0, 0.05) is 42.2 Å². The summed E-state index contributed by atoms with van der Waals surface area (Å²) in [4.78, 5) is 33.9. The van der Waals surface area contributed by atoms with Crippen molar-refractivity contribution in [3.05, 3.63) is 80.3 Å². The molecule has 1 fully saturated rings. The van der Waals surface area contributed by atoms with Crippen molar-refractivity contribution in [1.29, 1.82) is 0 Å². The van der Waals surface area contributed by atoms with E-state index in [4.69, 9.17) is 16.3 Å². The minimum atomic E-state index is -4.91. The number of hydrogen-bond acceptors (Lipinski definition) is 5. The smallest absolute Gasteiger partial charge is 0.425 e. The summed E-state index contributed by atoms with van der Waals surface area (Å²) in [6.07, 6.45) is -7.99. The first kappa shape index (κ1) is 34.0. The Kier molecular flexibility index (Phi) is 9.63. The molecular weight excluding hydrogens is 660 g/mol. The lowest BCUT2D eigenvalue weighted by atomic mass is 9.79. The summed E-state index contributed by atoms with van der Waals surface area (Å²) in [5.41, 5.74) is -2.69. The third kappa shape index (κ3) is 6.56. The molecule has 4 heterocycles. The molecule has 0 spiro atoms. The highest BCUT2D eigenvalue weighted by Gasteiger charge is 2.57. The van der Waals surface area contributed by atoms with Crippen LogP contribution in [0.15, 0.2) is 48.0 Å². The number of piperidine rings is 1. The van der Waals surface area contributed by atoms with E-state index in [9.17, 15) is 41.0 Å². The van der Waals surface area contributed by atoms with Crippen molar-refractivity contribution in [2.24, 2.45) is 0 Å². The fourth-order valence-electron chi connectivity index (χ4n) is 6.32. The molecule has 15 heteroatoms. The van der Waals surface area contributed by atoms with E-state index in [2.05, 4.69) is 4.98 Å². The highest BCUT2D eigenvalue weighted by atomic mass is 35.5. The molecule has 1 saturated heterocycles. The van der Waals surface area contributed by atoms with Crippen LogP contribution in [0.2, 0.25) is 5.02 Å². The van der Waals surface area contributed by atoms with E-state index in [1.54, 1.807) is 25.1 Å². The van der Waals surface area contributed by atoms with E-state index in [1.807, 2.05) is 0 Å². The van der Waals surface area contributed by atoms with Gasteiger partial charge in [0.2, 0.25) is 5.60 Å². The van der Waals surface area contributed by atoms with Crippen LogP contribution < -0.4 is 4.74 Å². The lowest BCUT2D eigenvalue weighted by molar-refractivity contribution is -0.164. The Morgan fingerprint density at radius 1 is 1.09 bits per heavy atom. The third-order valence-corrected chi connectivity index (χ3v) is 9.56. The monoisotopic (exact) mass is 688 g/mol. The molecule has 0 aliphatic carbocycles. The second-order valence-electron chi connectivity index (χ2n) is 11.3. The summed E-state index contributed by atoms with van der Waals surface area (Å²) in [6.45, 7) is 0.933. The molecule has 5 rings (SSSR count). The summed E-state index contributed by atoms with van der Waals surface area (Å²) >= 11 is 6.51. The summed E-state index contributed by atoms with van der Waals surface area (Å²) in [6, 6.07) is 5.48. The van der Waals surface area contributed by atoms with Gasteiger partial charge in [0.25, 0.3) is 11.8 Å². The predicted octanol–water partition coefficient (Wildman–Crippen LogP) is 7.44. The number of benzene rings is 1. The number of likely N-dealkylation sites (tertiary alicyclic amines) is 1. The quantitative estimate of drug-likeness (QED) is 0.242. The van der Waals surface area contributed by atoms with Gasteiger partial charge in [-0.3, -0.25) is 14.6 Å². The minimum Gasteiger partial charge on any atom is -0.474 e. The second kappa shape index (κ2) is 13.0. The molecule has 2 aliphatic rings. The van der Waals surface area contributed by atoms with E-state index in [1.165, 1.54) is 4.90 Å². The van der Waals surface area contributed by atoms with Gasteiger partial charge in [0.05, 0.1) is 17.6 Å². The van der Waals surface area contributed by atoms with Crippen molar-refractivity contribution in [3.63, 3.8) is 0 Å². The van der Waals surface area contributed by atoms with E-state index in [-0.39, 0.29) is 44.5 Å². The average molecular weight is 689 g/mol. The predicted molar refractivity (Wildman–Crippen MR) is 156 cm³/mol. The van der Waals surface area contributed by atoms with E-state index >= 15 is 0 Å². The summed E-state index contributed by atoms with van der Waals surface area (Å²) in [7, 11) is 0. The highest BCUT2D eigenvalue weighted by Crippen LogP contribution is 2.43. The standard InChI is InChI=1S/C31H29ClF6N3O4S/c1-2-5-24-29(45-22-14-25(46-17-22)31(36,37)38,28(44)41-15-18-7-8-20(32)12-19(18)13-21(41)16-42)9-4-11-40(24)27(43)26-23(30(33,34)35)6-3-10-39-26/h3,6-8,10,12,14,17,21,24H,2,4-5,9,11,13,15-16H2,1H3/t21-,24-,29+/m1/s1. The number of hydrogen-bond donors (Lipinski definition) is 0. The zero-order valence-corrected chi connectivity index (χ0v) is 26.0. The van der Waals surface area contributed by atoms with Crippen LogP contribution >= 0.6 is 22.9 Å². The summed E-state index contributed by atoms with van der Waals surface area (Å²) in [5, 5.41) is 14.0. The van der Waals surface area contributed by atoms with Gasteiger partial charge in [0.1, 0.15) is 22.9 Å². The van der Waals surface area contributed by atoms with E-state index in [0.717, 1.165) is 40.2 Å². The number of carbonyl (C=O) groups excluding carboxylic acids is 2. The molecule has 2 amide bonds. The number of nitrogens with zero attached hydrogens (tertiary/aromatic N) is 3. The average Bonchev–Trinajstić information content (AvgIpc) is 3.49. The van der Waals surface area contributed by atoms with Crippen LogP contribution in [0.1, 0.15) is 64.7 Å². The van der Waals surface area contributed by atoms with Crippen molar-refractivity contribution >= 4 is 34.8 Å². The van der Waals surface area contributed by atoms with Gasteiger partial charge < -0.3 is 14.5 Å². The maximum Gasteiger partial charge on any atom is 0.425 e. The largest absolute Gasteiger partial charge is 0.474 e. The molecular formula is C31H29ClF6N3O4S. The topological polar surface area (TPSA) is 82.6 Å². The molecule has 0 bridgehead atoms. The molecule has 247 valence electrons. The zero-order valence-electron chi connectivity index (χ0n) is 24.5. The molecule has 2 aromatic heterocycles. The van der Waals surface area contributed by atoms with Crippen molar-refractivity contribution in [3.8, 4) is 5.75 Å². The van der Waals surface area contributed by atoms with Crippen molar-refractivity contribution in [1.82, 2.24) is 14.8 Å². The molecule has 1 radical (unpaired) electrons. The first-order valence-electron chi connectivity index (χ1n) is 14.5. The molecule has 7 nitrogen and oxygen atoms in total. The van der Waals surface area contributed by atoms with E-state index < -0.39 is 64.6 Å². The molecule has 46 heavy (non-hydrogen) atoms. The number of alkyl halides is 6. The van der Waals surface area contributed by atoms with Crippen molar-refractivity contribution in [2.45, 2.75) is 75.6 Å². The fourth-order valence-corrected chi connectivity index (χ4v) is 7.19. The second-order valence-corrected chi connectivity index (χ2v) is 12.7. The van der Waals surface area contributed by atoms with Crippen LogP contribution in [0.25, 0.3) is 0 Å². The first-order chi connectivity index (χ1) is 21.7. The third-order valence-electron chi connectivity index (χ3n) is 8.38. The zero-order chi connectivity index (χ0) is 33.4. The number of ether oxygens (including phenoxy) is 1. The van der Waals surface area contributed by atoms with Gasteiger partial charge in [-0.15, -0.1) is 11.3 Å². The SMILES string of the molecule is CCC[C@H]1N(C(=O)c2ncccc2C(F)(F)F)CCC[C@@]1(Oc1csc(C(F)(F)F)c1)C(=O)N1Cc2ccc(Cl)cc2C[C@@H]1C[O]. The van der Waals surface area contributed by atoms with Crippen LogP contribution in [-0.4, -0.2) is 57.4 Å². The number of halogens is 7. The lowest BCUT2D eigenvalue weighted by Crippen LogP contribution is -2.69. The Morgan fingerprint density at radius 2 is 1.85 bits per heavy atom. The number of aromatic nitrogens is 1. The Morgan fingerprint density at radius 3 is 2.50 bits per heavy atom. The fraction of sp³-hybridized carbons (Fsp3) is 0.452. The number of thiophene rings is 1. The summed E-state index contributed by atoms with van der Waals surface area (Å²) in [5.74, 6) is -2.10. The first-order valence-corrected chi connectivity index (χ1v) is 15.8. The molecule has 0 unspecified atom stereocenters. The Labute approximate surface area is 269 Å². The maximum atomic E-state index is 14.8. The number of amides is 2. The molecule has 2 aliphatic heterocycles. The molecule has 0 saturated carbocycles. The minimum absolute atomic E-state index is 0.0357. The number of fused-ring (bicyclic) bond motifs is 1. The Hall–Kier alpha value is -3.36. The molecule has 0 N–H and O–H groups in total. The van der Waals surface area contributed by atoms with Gasteiger partial charge in [-0.25, -0.2) is 5.11 Å². The molecule has 3 aromatic rings. The van der Waals surface area contributed by atoms with Gasteiger partial charge >= 0.3 is 12.4 Å². The van der Waals surface area contributed by atoms with Crippen LogP contribution in [0.5, 0.6) is 5.75 Å².